The Morgan fingerprint density at radius 3 is 2.18 bits per heavy atom. The highest BCUT2D eigenvalue weighted by molar-refractivity contribution is 5.72. The predicted octanol–water partition coefficient (Wildman–Crippen LogP) is 0.200. The van der Waals surface area contributed by atoms with Crippen molar-refractivity contribution in [3.05, 3.63) is 0 Å². The van der Waals surface area contributed by atoms with Gasteiger partial charge in [-0.3, -0.25) is 0 Å². The summed E-state index contributed by atoms with van der Waals surface area (Å²) in [6.07, 6.45) is 4.43. The molecule has 5 heteroatoms. The molecule has 2 rings (SSSR count). The second kappa shape index (κ2) is 5.69. The van der Waals surface area contributed by atoms with E-state index >= 15 is 0 Å². The monoisotopic (exact) mass is 240 g/mol. The zero-order valence-corrected chi connectivity index (χ0v) is 10.5. The van der Waals surface area contributed by atoms with Crippen molar-refractivity contribution in [2.24, 2.45) is 17.4 Å². The number of rotatable bonds is 2. The number of hydrogen-bond acceptors (Lipinski definition) is 3. The van der Waals surface area contributed by atoms with Crippen molar-refractivity contribution in [2.75, 3.05) is 32.7 Å². The molecule has 0 saturated carbocycles. The average Bonchev–Trinajstić information content (AvgIpc) is 2.33. The quantitative estimate of drug-likeness (QED) is 0.724. The molecule has 98 valence electrons. The fourth-order valence-corrected chi connectivity index (χ4v) is 2.84. The summed E-state index contributed by atoms with van der Waals surface area (Å²) in [6.45, 7) is 5.09. The molecule has 4 N–H and O–H groups in total. The lowest BCUT2D eigenvalue weighted by atomic mass is 9.95. The van der Waals surface area contributed by atoms with Crippen molar-refractivity contribution >= 4 is 6.03 Å². The van der Waals surface area contributed by atoms with Crippen LogP contribution in [0.1, 0.15) is 25.7 Å². The third kappa shape index (κ3) is 3.57. The van der Waals surface area contributed by atoms with E-state index in [4.69, 9.17) is 11.5 Å². The fraction of sp³-hybridized carbons (Fsp3) is 0.917. The molecule has 2 heterocycles. The van der Waals surface area contributed by atoms with Gasteiger partial charge in [-0.1, -0.05) is 0 Å². The Bertz CT molecular complexity index is 255. The maximum atomic E-state index is 11.0. The van der Waals surface area contributed by atoms with Gasteiger partial charge in [0, 0.05) is 25.7 Å². The van der Waals surface area contributed by atoms with Crippen LogP contribution >= 0.6 is 0 Å². The summed E-state index contributed by atoms with van der Waals surface area (Å²) >= 11 is 0. The van der Waals surface area contributed by atoms with Gasteiger partial charge in [-0.15, -0.1) is 0 Å². The smallest absolute Gasteiger partial charge is 0.314 e. The molecule has 2 saturated heterocycles. The van der Waals surface area contributed by atoms with Crippen molar-refractivity contribution in [2.45, 2.75) is 31.7 Å². The highest BCUT2D eigenvalue weighted by atomic mass is 16.2. The maximum absolute atomic E-state index is 11.0. The predicted molar refractivity (Wildman–Crippen MR) is 67.5 cm³/mol. The van der Waals surface area contributed by atoms with Crippen LogP contribution in [0.5, 0.6) is 0 Å². The first-order valence-electron chi connectivity index (χ1n) is 6.67. The number of carbonyl (C=O) groups excluding carboxylic acids is 1. The van der Waals surface area contributed by atoms with Crippen LogP contribution in [0.15, 0.2) is 0 Å². The van der Waals surface area contributed by atoms with Crippen LogP contribution in [0, 0.1) is 5.92 Å². The Hall–Kier alpha value is -0.810. The minimum atomic E-state index is -0.271. The third-order valence-electron chi connectivity index (χ3n) is 4.07. The summed E-state index contributed by atoms with van der Waals surface area (Å²) in [5.74, 6) is 0.722. The molecule has 2 aliphatic heterocycles. The number of nitrogens with two attached hydrogens (primary N) is 2. The number of amides is 2. The van der Waals surface area contributed by atoms with Gasteiger partial charge in [0.15, 0.2) is 0 Å². The summed E-state index contributed by atoms with van der Waals surface area (Å²) in [5.41, 5.74) is 11.2. The molecule has 0 aromatic heterocycles. The van der Waals surface area contributed by atoms with Gasteiger partial charge in [-0.25, -0.2) is 4.79 Å². The zero-order valence-electron chi connectivity index (χ0n) is 10.5. The number of hydrogen-bond donors (Lipinski definition) is 2. The molecule has 5 nitrogen and oxygen atoms in total. The van der Waals surface area contributed by atoms with E-state index < -0.39 is 0 Å². The Morgan fingerprint density at radius 2 is 1.65 bits per heavy atom. The number of carbonyl (C=O) groups is 1. The normalized spacial score (nSPS) is 25.1. The lowest BCUT2D eigenvalue weighted by Crippen LogP contribution is -2.46. The zero-order chi connectivity index (χ0) is 12.3. The molecule has 0 bridgehead atoms. The molecule has 17 heavy (non-hydrogen) atoms. The van der Waals surface area contributed by atoms with Gasteiger partial charge in [0.2, 0.25) is 0 Å². The van der Waals surface area contributed by atoms with E-state index in [9.17, 15) is 4.79 Å². The van der Waals surface area contributed by atoms with E-state index in [0.717, 1.165) is 57.8 Å². The van der Waals surface area contributed by atoms with Crippen molar-refractivity contribution in [1.29, 1.82) is 0 Å². The van der Waals surface area contributed by atoms with Gasteiger partial charge in [-0.05, 0) is 44.7 Å². The Kier molecular flexibility index (Phi) is 4.23. The summed E-state index contributed by atoms with van der Waals surface area (Å²) in [4.78, 5) is 15.3. The van der Waals surface area contributed by atoms with E-state index in [1.807, 2.05) is 0 Å². The lowest BCUT2D eigenvalue weighted by Gasteiger charge is -2.36. The largest absolute Gasteiger partial charge is 0.351 e. The van der Waals surface area contributed by atoms with Crippen LogP contribution < -0.4 is 11.5 Å². The molecule has 0 aromatic rings. The van der Waals surface area contributed by atoms with Crippen molar-refractivity contribution < 1.29 is 4.79 Å². The van der Waals surface area contributed by atoms with Gasteiger partial charge in [0.05, 0.1) is 0 Å². The van der Waals surface area contributed by atoms with Gasteiger partial charge in [0.25, 0.3) is 0 Å². The van der Waals surface area contributed by atoms with Crippen molar-refractivity contribution in [3.8, 4) is 0 Å². The number of primary amides is 1. The molecule has 0 aliphatic carbocycles. The SMILES string of the molecule is NC(=O)N1CCC(CN2CCC(N)CC2)CC1. The first-order chi connectivity index (χ1) is 8.15. The number of urea groups is 1. The molecular formula is C12H24N4O. The minimum absolute atomic E-state index is 0.271. The van der Waals surface area contributed by atoms with Crippen LogP contribution in [-0.2, 0) is 0 Å². The third-order valence-corrected chi connectivity index (χ3v) is 4.07. The maximum Gasteiger partial charge on any atom is 0.314 e. The van der Waals surface area contributed by atoms with E-state index in [-0.39, 0.29) is 6.03 Å². The second-order valence-corrected chi connectivity index (χ2v) is 5.41. The topological polar surface area (TPSA) is 75.6 Å². The molecule has 0 atom stereocenters. The molecule has 2 amide bonds. The number of likely N-dealkylation sites (tertiary alicyclic amines) is 2. The molecule has 0 radical (unpaired) electrons. The summed E-state index contributed by atoms with van der Waals surface area (Å²) in [7, 11) is 0. The standard InChI is InChI=1S/C12H24N4O/c13-11-3-5-15(6-4-11)9-10-1-7-16(8-2-10)12(14)17/h10-11H,1-9,13H2,(H2,14,17). The van der Waals surface area contributed by atoms with Crippen LogP contribution in [0.25, 0.3) is 0 Å². The van der Waals surface area contributed by atoms with Gasteiger partial charge in [-0.2, -0.15) is 0 Å². The Balaban J connectivity index is 1.69. The summed E-state index contributed by atoms with van der Waals surface area (Å²) in [5, 5.41) is 0. The molecule has 0 spiro atoms. The van der Waals surface area contributed by atoms with E-state index in [0.29, 0.717) is 6.04 Å². The van der Waals surface area contributed by atoms with Crippen LogP contribution in [-0.4, -0.2) is 54.6 Å². The highest BCUT2D eigenvalue weighted by Crippen LogP contribution is 2.20. The summed E-state index contributed by atoms with van der Waals surface area (Å²) < 4.78 is 0. The van der Waals surface area contributed by atoms with Crippen LogP contribution in [0.4, 0.5) is 4.79 Å². The highest BCUT2D eigenvalue weighted by Gasteiger charge is 2.24. The molecule has 0 aromatic carbocycles. The molecule has 2 aliphatic rings. The molecule has 2 fully saturated rings. The number of nitrogens with zero attached hydrogens (tertiary/aromatic N) is 2. The van der Waals surface area contributed by atoms with E-state index in [1.165, 1.54) is 6.54 Å². The van der Waals surface area contributed by atoms with Crippen LogP contribution in [0.3, 0.4) is 0 Å². The first kappa shape index (κ1) is 12.6. The first-order valence-corrected chi connectivity index (χ1v) is 6.67. The van der Waals surface area contributed by atoms with Gasteiger partial charge < -0.3 is 21.3 Å². The van der Waals surface area contributed by atoms with Gasteiger partial charge in [0.1, 0.15) is 0 Å². The van der Waals surface area contributed by atoms with Crippen LogP contribution in [0.2, 0.25) is 0 Å². The van der Waals surface area contributed by atoms with Gasteiger partial charge >= 0.3 is 6.03 Å². The molecular weight excluding hydrogens is 216 g/mol. The minimum Gasteiger partial charge on any atom is -0.351 e. The van der Waals surface area contributed by atoms with E-state index in [2.05, 4.69) is 4.90 Å². The fourth-order valence-electron chi connectivity index (χ4n) is 2.84. The van der Waals surface area contributed by atoms with Crippen molar-refractivity contribution in [3.63, 3.8) is 0 Å². The number of piperidine rings is 2. The van der Waals surface area contributed by atoms with Crippen molar-refractivity contribution in [1.82, 2.24) is 9.80 Å². The molecule has 0 unspecified atom stereocenters. The second-order valence-electron chi connectivity index (χ2n) is 5.41. The Labute approximate surface area is 103 Å². The Morgan fingerprint density at radius 1 is 1.06 bits per heavy atom. The lowest BCUT2D eigenvalue weighted by molar-refractivity contribution is 0.136. The summed E-state index contributed by atoms with van der Waals surface area (Å²) in [6, 6.07) is 0.135. The average molecular weight is 240 g/mol. The van der Waals surface area contributed by atoms with E-state index in [1.54, 1.807) is 4.90 Å².